The third kappa shape index (κ3) is 6.01. The Hall–Kier alpha value is -1.59. The van der Waals surface area contributed by atoms with Gasteiger partial charge in [-0.05, 0) is 44.1 Å². The predicted octanol–water partition coefficient (Wildman–Crippen LogP) is 2.79. The zero-order chi connectivity index (χ0) is 18.1. The van der Waals surface area contributed by atoms with E-state index in [0.29, 0.717) is 12.0 Å². The van der Waals surface area contributed by atoms with Crippen molar-refractivity contribution in [2.45, 2.75) is 45.6 Å². The number of hydrogen-bond acceptors (Lipinski definition) is 3. The second kappa shape index (κ2) is 9.78. The quantitative estimate of drug-likeness (QED) is 0.475. The fourth-order valence-corrected chi connectivity index (χ4v) is 3.26. The third-order valence-corrected chi connectivity index (χ3v) is 5.06. The molecule has 0 aromatic heterocycles. The molecule has 0 bridgehead atoms. The van der Waals surface area contributed by atoms with Crippen molar-refractivity contribution in [3.8, 4) is 0 Å². The molecule has 5 nitrogen and oxygen atoms in total. The van der Waals surface area contributed by atoms with Crippen LogP contribution in [0, 0.1) is 12.3 Å². The van der Waals surface area contributed by atoms with Crippen LogP contribution in [-0.2, 0) is 4.74 Å². The molecule has 0 spiro atoms. The highest BCUT2D eigenvalue weighted by atomic mass is 16.5. The number of aliphatic hydroxyl groups is 1. The minimum absolute atomic E-state index is 0.299. The number of aliphatic hydroxyl groups excluding tert-OH is 1. The Morgan fingerprint density at radius 3 is 2.76 bits per heavy atom. The highest BCUT2D eigenvalue weighted by Crippen LogP contribution is 2.44. The number of guanidine groups is 1. The summed E-state index contributed by atoms with van der Waals surface area (Å²) < 4.78 is 5.25. The topological polar surface area (TPSA) is 65.9 Å². The molecule has 5 heteroatoms. The number of aliphatic imine (C=N–C) groups is 1. The van der Waals surface area contributed by atoms with E-state index in [0.717, 1.165) is 43.2 Å². The first-order valence-electron chi connectivity index (χ1n) is 9.34. The molecule has 0 aliphatic heterocycles. The van der Waals surface area contributed by atoms with Gasteiger partial charge in [0.2, 0.25) is 0 Å². The lowest BCUT2D eigenvalue weighted by Gasteiger charge is -2.40. The standard InChI is InChI=1S/C20H33N3O2/c1-4-21-19(23-15-20(9-6-10-20)11-12-25-3)22-14-18(24)17-8-5-7-16(2)13-17/h5,7-8,13,18,24H,4,6,9-12,14-15H2,1-3H3,(H2,21,22,23). The van der Waals surface area contributed by atoms with Gasteiger partial charge in [0.05, 0.1) is 6.10 Å². The number of aryl methyl sites for hydroxylation is 1. The SMILES string of the molecule is CCNC(=NCC1(CCOC)CCC1)NCC(O)c1cccc(C)c1. The van der Waals surface area contributed by atoms with Crippen molar-refractivity contribution in [2.75, 3.05) is 33.4 Å². The van der Waals surface area contributed by atoms with Crippen molar-refractivity contribution in [3.05, 3.63) is 35.4 Å². The Balaban J connectivity index is 1.91. The van der Waals surface area contributed by atoms with E-state index in [4.69, 9.17) is 9.73 Å². The number of ether oxygens (including phenoxy) is 1. The fraction of sp³-hybridized carbons (Fsp3) is 0.650. The first kappa shape index (κ1) is 19.7. The van der Waals surface area contributed by atoms with E-state index in [1.165, 1.54) is 19.3 Å². The van der Waals surface area contributed by atoms with Crippen molar-refractivity contribution in [3.63, 3.8) is 0 Å². The third-order valence-electron chi connectivity index (χ3n) is 5.06. The maximum atomic E-state index is 10.4. The van der Waals surface area contributed by atoms with Crippen molar-refractivity contribution in [1.29, 1.82) is 0 Å². The second-order valence-corrected chi connectivity index (χ2v) is 7.10. The number of methoxy groups -OCH3 is 1. The van der Waals surface area contributed by atoms with E-state index in [2.05, 4.69) is 17.6 Å². The van der Waals surface area contributed by atoms with Gasteiger partial charge in [-0.1, -0.05) is 36.2 Å². The molecule has 1 aliphatic rings. The van der Waals surface area contributed by atoms with Gasteiger partial charge in [-0.25, -0.2) is 0 Å². The monoisotopic (exact) mass is 347 g/mol. The van der Waals surface area contributed by atoms with Crippen LogP contribution in [0.15, 0.2) is 29.3 Å². The molecule has 1 atom stereocenters. The molecule has 1 fully saturated rings. The first-order valence-corrected chi connectivity index (χ1v) is 9.34. The molecule has 1 aromatic rings. The maximum Gasteiger partial charge on any atom is 0.191 e. The summed E-state index contributed by atoms with van der Waals surface area (Å²) in [5.41, 5.74) is 2.38. The summed E-state index contributed by atoms with van der Waals surface area (Å²) in [4.78, 5) is 4.77. The van der Waals surface area contributed by atoms with Gasteiger partial charge in [-0.2, -0.15) is 0 Å². The number of benzene rings is 1. The molecule has 140 valence electrons. The van der Waals surface area contributed by atoms with Gasteiger partial charge in [-0.3, -0.25) is 4.99 Å². The van der Waals surface area contributed by atoms with E-state index in [9.17, 15) is 5.11 Å². The van der Waals surface area contributed by atoms with Crippen LogP contribution in [0.25, 0.3) is 0 Å². The van der Waals surface area contributed by atoms with Gasteiger partial charge < -0.3 is 20.5 Å². The summed E-state index contributed by atoms with van der Waals surface area (Å²) >= 11 is 0. The van der Waals surface area contributed by atoms with E-state index >= 15 is 0 Å². The van der Waals surface area contributed by atoms with Gasteiger partial charge in [-0.15, -0.1) is 0 Å². The Morgan fingerprint density at radius 1 is 1.36 bits per heavy atom. The van der Waals surface area contributed by atoms with E-state index in [1.807, 2.05) is 31.2 Å². The number of nitrogens with zero attached hydrogens (tertiary/aromatic N) is 1. The zero-order valence-electron chi connectivity index (χ0n) is 15.8. The molecule has 1 saturated carbocycles. The van der Waals surface area contributed by atoms with Crippen molar-refractivity contribution >= 4 is 5.96 Å². The lowest BCUT2D eigenvalue weighted by atomic mass is 9.67. The molecule has 1 aliphatic carbocycles. The molecule has 0 saturated heterocycles. The maximum absolute atomic E-state index is 10.4. The van der Waals surface area contributed by atoms with Crippen LogP contribution in [0.5, 0.6) is 0 Å². The Bertz CT molecular complexity index is 556. The van der Waals surface area contributed by atoms with Gasteiger partial charge in [0.25, 0.3) is 0 Å². The lowest BCUT2D eigenvalue weighted by molar-refractivity contribution is 0.0778. The average molecular weight is 348 g/mol. The largest absolute Gasteiger partial charge is 0.387 e. The fourth-order valence-electron chi connectivity index (χ4n) is 3.26. The van der Waals surface area contributed by atoms with E-state index in [-0.39, 0.29) is 0 Å². The van der Waals surface area contributed by atoms with E-state index < -0.39 is 6.10 Å². The van der Waals surface area contributed by atoms with Gasteiger partial charge >= 0.3 is 0 Å². The Morgan fingerprint density at radius 2 is 2.16 bits per heavy atom. The average Bonchev–Trinajstić information content (AvgIpc) is 2.58. The van der Waals surface area contributed by atoms with Crippen LogP contribution in [0.1, 0.15) is 49.8 Å². The van der Waals surface area contributed by atoms with Crippen molar-refractivity contribution < 1.29 is 9.84 Å². The summed E-state index contributed by atoms with van der Waals surface area (Å²) in [5, 5.41) is 16.9. The van der Waals surface area contributed by atoms with Gasteiger partial charge in [0.1, 0.15) is 0 Å². The second-order valence-electron chi connectivity index (χ2n) is 7.10. The molecule has 1 aromatic carbocycles. The molecule has 0 radical (unpaired) electrons. The van der Waals surface area contributed by atoms with Crippen LogP contribution in [0.4, 0.5) is 0 Å². The molecular weight excluding hydrogens is 314 g/mol. The van der Waals surface area contributed by atoms with Crippen LogP contribution >= 0.6 is 0 Å². The molecule has 3 N–H and O–H groups in total. The van der Waals surface area contributed by atoms with Crippen molar-refractivity contribution in [2.24, 2.45) is 10.4 Å². The molecule has 2 rings (SSSR count). The molecule has 1 unspecified atom stereocenters. The Labute approximate surface area is 151 Å². The molecular formula is C20H33N3O2. The summed E-state index contributed by atoms with van der Waals surface area (Å²) in [5.74, 6) is 0.776. The van der Waals surface area contributed by atoms with Crippen LogP contribution in [0.3, 0.4) is 0 Å². The summed E-state index contributed by atoms with van der Waals surface area (Å²) in [7, 11) is 1.76. The summed E-state index contributed by atoms with van der Waals surface area (Å²) in [6, 6.07) is 7.98. The molecule has 0 heterocycles. The normalized spacial score (nSPS) is 17.7. The minimum atomic E-state index is -0.546. The minimum Gasteiger partial charge on any atom is -0.387 e. The summed E-state index contributed by atoms with van der Waals surface area (Å²) in [6.45, 7) is 6.95. The first-order chi connectivity index (χ1) is 12.1. The van der Waals surface area contributed by atoms with Gasteiger partial charge in [0.15, 0.2) is 5.96 Å². The van der Waals surface area contributed by atoms with Gasteiger partial charge in [0, 0.05) is 33.4 Å². The smallest absolute Gasteiger partial charge is 0.191 e. The molecule has 0 amide bonds. The van der Waals surface area contributed by atoms with Crippen LogP contribution in [0.2, 0.25) is 0 Å². The number of hydrogen-bond donors (Lipinski definition) is 3. The van der Waals surface area contributed by atoms with E-state index in [1.54, 1.807) is 7.11 Å². The van der Waals surface area contributed by atoms with Crippen LogP contribution < -0.4 is 10.6 Å². The highest BCUT2D eigenvalue weighted by molar-refractivity contribution is 5.79. The Kier molecular flexibility index (Phi) is 7.72. The number of rotatable bonds is 9. The predicted molar refractivity (Wildman–Crippen MR) is 103 cm³/mol. The van der Waals surface area contributed by atoms with Crippen LogP contribution in [-0.4, -0.2) is 44.4 Å². The lowest BCUT2D eigenvalue weighted by Crippen LogP contribution is -2.41. The zero-order valence-corrected chi connectivity index (χ0v) is 15.8. The van der Waals surface area contributed by atoms with Crippen molar-refractivity contribution in [1.82, 2.24) is 10.6 Å². The summed E-state index contributed by atoms with van der Waals surface area (Å²) in [6.07, 6.45) is 4.26. The number of nitrogens with one attached hydrogen (secondary N) is 2. The molecule has 25 heavy (non-hydrogen) atoms. The highest BCUT2D eigenvalue weighted by Gasteiger charge is 2.36.